The molecule has 132 valence electrons. The fraction of sp³-hybridized carbons (Fsp3) is 0.444. The first kappa shape index (κ1) is 18.7. The van der Waals surface area contributed by atoms with Gasteiger partial charge in [0.2, 0.25) is 10.0 Å². The van der Waals surface area contributed by atoms with Crippen LogP contribution in [0.5, 0.6) is 0 Å². The zero-order chi connectivity index (χ0) is 17.7. The van der Waals surface area contributed by atoms with Gasteiger partial charge in [-0.3, -0.25) is 0 Å². The normalized spacial score (nSPS) is 13.2. The third-order valence-corrected chi connectivity index (χ3v) is 5.31. The van der Waals surface area contributed by atoms with Gasteiger partial charge in [-0.2, -0.15) is 0 Å². The summed E-state index contributed by atoms with van der Waals surface area (Å²) in [7, 11) is -1.99. The van der Waals surface area contributed by atoms with Crippen LogP contribution in [0, 0.1) is 13.8 Å². The summed E-state index contributed by atoms with van der Waals surface area (Å²) in [6.45, 7) is 6.17. The second-order valence-electron chi connectivity index (χ2n) is 5.96. The van der Waals surface area contributed by atoms with Crippen molar-refractivity contribution in [1.82, 2.24) is 4.72 Å². The summed E-state index contributed by atoms with van der Waals surface area (Å²) in [6, 6.07) is 8.80. The lowest BCUT2D eigenvalue weighted by Crippen LogP contribution is -2.32. The molecule has 1 heterocycles. The maximum Gasteiger partial charge on any atom is 0.216 e. The van der Waals surface area contributed by atoms with E-state index in [9.17, 15) is 8.42 Å². The molecule has 0 spiro atoms. The lowest BCUT2D eigenvalue weighted by Gasteiger charge is -2.16. The maximum absolute atomic E-state index is 12.5. The Hall–Kier alpha value is -1.63. The number of benzene rings is 1. The molecule has 0 radical (unpaired) electrons. The van der Waals surface area contributed by atoms with Crippen molar-refractivity contribution in [3.8, 4) is 0 Å². The van der Waals surface area contributed by atoms with Crippen LogP contribution < -0.4 is 4.72 Å². The highest BCUT2D eigenvalue weighted by Gasteiger charge is 2.22. The van der Waals surface area contributed by atoms with Gasteiger partial charge in [0.1, 0.15) is 17.6 Å². The molecule has 0 aliphatic rings. The summed E-state index contributed by atoms with van der Waals surface area (Å²) in [6.07, 6.45) is 0.759. The highest BCUT2D eigenvalue weighted by molar-refractivity contribution is 7.88. The first-order valence-corrected chi connectivity index (χ1v) is 9.63. The molecule has 0 bridgehead atoms. The third-order valence-electron chi connectivity index (χ3n) is 3.96. The average molecular weight is 351 g/mol. The number of rotatable bonds is 8. The number of nitrogens with one attached hydrogen (secondary N) is 1. The predicted octanol–water partition coefficient (Wildman–Crippen LogP) is 3.27. The lowest BCUT2D eigenvalue weighted by atomic mass is 10.1. The first-order valence-electron chi connectivity index (χ1n) is 7.98. The van der Waals surface area contributed by atoms with Gasteiger partial charge in [0.15, 0.2) is 0 Å². The predicted molar refractivity (Wildman–Crippen MR) is 94.4 cm³/mol. The fourth-order valence-corrected chi connectivity index (χ4v) is 3.80. The Morgan fingerprint density at radius 3 is 2.50 bits per heavy atom. The molecule has 1 aromatic carbocycles. The maximum atomic E-state index is 12.5. The quantitative estimate of drug-likeness (QED) is 0.792. The molecule has 24 heavy (non-hydrogen) atoms. The van der Waals surface area contributed by atoms with E-state index in [-0.39, 0.29) is 12.4 Å². The molecule has 1 atom stereocenters. The molecule has 5 nitrogen and oxygen atoms in total. The van der Waals surface area contributed by atoms with E-state index >= 15 is 0 Å². The lowest BCUT2D eigenvalue weighted by molar-refractivity contribution is 0.165. The summed E-state index contributed by atoms with van der Waals surface area (Å²) in [5.74, 6) is 1.31. The zero-order valence-corrected chi connectivity index (χ0v) is 15.4. The molecule has 0 aliphatic heterocycles. The number of furan rings is 1. The number of aryl methyl sites for hydroxylation is 3. The molecule has 1 unspecified atom stereocenters. The molecule has 6 heteroatoms. The van der Waals surface area contributed by atoms with Gasteiger partial charge >= 0.3 is 0 Å². The second-order valence-corrected chi connectivity index (χ2v) is 7.71. The van der Waals surface area contributed by atoms with E-state index in [1.165, 1.54) is 7.11 Å². The minimum atomic E-state index is -3.52. The van der Waals surface area contributed by atoms with E-state index in [0.29, 0.717) is 5.76 Å². The van der Waals surface area contributed by atoms with Gasteiger partial charge in [-0.25, -0.2) is 13.1 Å². The summed E-state index contributed by atoms with van der Waals surface area (Å²) >= 11 is 0. The van der Waals surface area contributed by atoms with Crippen LogP contribution in [0.3, 0.4) is 0 Å². The average Bonchev–Trinajstić information content (AvgIpc) is 2.99. The Labute approximate surface area is 144 Å². The van der Waals surface area contributed by atoms with E-state index in [1.807, 2.05) is 45.0 Å². The Bertz CT molecular complexity index is 780. The van der Waals surface area contributed by atoms with Crippen LogP contribution in [0.1, 0.15) is 41.2 Å². The van der Waals surface area contributed by atoms with Gasteiger partial charge in [0, 0.05) is 13.5 Å². The standard InChI is InChI=1S/C18H25NO4S/c1-5-16-8-9-18(23-16)17(11-22-4)19-24(20,21)12-15-7-6-13(2)14(3)10-15/h6-10,17,19H,5,11-12H2,1-4H3. The molecule has 2 aromatic rings. The SMILES string of the molecule is CCc1ccc(C(COC)NS(=O)(=O)Cc2ccc(C)c(C)c2)o1. The Morgan fingerprint density at radius 2 is 1.92 bits per heavy atom. The van der Waals surface area contributed by atoms with E-state index < -0.39 is 16.1 Å². The molecule has 0 amide bonds. The van der Waals surface area contributed by atoms with Crippen LogP contribution in [0.4, 0.5) is 0 Å². The zero-order valence-electron chi connectivity index (χ0n) is 14.6. The number of methoxy groups -OCH3 is 1. The van der Waals surface area contributed by atoms with Gasteiger partial charge in [0.05, 0.1) is 12.4 Å². The number of hydrogen-bond acceptors (Lipinski definition) is 4. The highest BCUT2D eigenvalue weighted by Crippen LogP contribution is 2.20. The van der Waals surface area contributed by atoms with Crippen molar-refractivity contribution in [3.63, 3.8) is 0 Å². The molecule has 1 N–H and O–H groups in total. The third kappa shape index (κ3) is 4.93. The van der Waals surface area contributed by atoms with Crippen LogP contribution in [-0.2, 0) is 26.9 Å². The van der Waals surface area contributed by atoms with E-state index in [1.54, 1.807) is 6.07 Å². The molecular formula is C18H25NO4S. The molecular weight excluding hydrogens is 326 g/mol. The summed E-state index contributed by atoms with van der Waals surface area (Å²) in [4.78, 5) is 0. The van der Waals surface area contributed by atoms with E-state index in [2.05, 4.69) is 4.72 Å². The minimum absolute atomic E-state index is 0.0737. The smallest absolute Gasteiger partial charge is 0.216 e. The van der Waals surface area contributed by atoms with Gasteiger partial charge < -0.3 is 9.15 Å². The number of sulfonamides is 1. The van der Waals surface area contributed by atoms with Crippen molar-refractivity contribution in [2.24, 2.45) is 0 Å². The molecule has 0 fully saturated rings. The van der Waals surface area contributed by atoms with Crippen LogP contribution in [0.2, 0.25) is 0 Å². The monoisotopic (exact) mass is 351 g/mol. The van der Waals surface area contributed by atoms with Crippen molar-refractivity contribution in [2.45, 2.75) is 39.0 Å². The summed E-state index contributed by atoms with van der Waals surface area (Å²) in [5.41, 5.74) is 2.98. The van der Waals surface area contributed by atoms with Crippen molar-refractivity contribution < 1.29 is 17.6 Å². The van der Waals surface area contributed by atoms with Gasteiger partial charge in [-0.1, -0.05) is 25.1 Å². The Kier molecular flexibility index (Phi) is 6.21. The topological polar surface area (TPSA) is 68.5 Å². The van der Waals surface area contributed by atoms with Gasteiger partial charge in [0.25, 0.3) is 0 Å². The molecule has 1 aromatic heterocycles. The van der Waals surface area contributed by atoms with E-state index in [4.69, 9.17) is 9.15 Å². The van der Waals surface area contributed by atoms with Gasteiger partial charge in [-0.05, 0) is 42.7 Å². The molecule has 0 saturated heterocycles. The largest absolute Gasteiger partial charge is 0.464 e. The van der Waals surface area contributed by atoms with E-state index in [0.717, 1.165) is 28.9 Å². The molecule has 0 saturated carbocycles. The van der Waals surface area contributed by atoms with Crippen molar-refractivity contribution in [3.05, 3.63) is 58.5 Å². The highest BCUT2D eigenvalue weighted by atomic mass is 32.2. The van der Waals surface area contributed by atoms with Crippen molar-refractivity contribution in [2.75, 3.05) is 13.7 Å². The molecule has 0 aliphatic carbocycles. The van der Waals surface area contributed by atoms with Crippen molar-refractivity contribution >= 4 is 10.0 Å². The fourth-order valence-electron chi connectivity index (χ4n) is 2.48. The number of ether oxygens (including phenoxy) is 1. The summed E-state index contributed by atoms with van der Waals surface area (Å²) in [5, 5.41) is 0. The Morgan fingerprint density at radius 1 is 1.17 bits per heavy atom. The second kappa shape index (κ2) is 7.96. The van der Waals surface area contributed by atoms with Crippen LogP contribution >= 0.6 is 0 Å². The Balaban J connectivity index is 2.15. The molecule has 2 rings (SSSR count). The minimum Gasteiger partial charge on any atom is -0.464 e. The first-order chi connectivity index (χ1) is 11.3. The van der Waals surface area contributed by atoms with Crippen LogP contribution in [0.15, 0.2) is 34.7 Å². The van der Waals surface area contributed by atoms with Gasteiger partial charge in [-0.15, -0.1) is 0 Å². The van der Waals surface area contributed by atoms with Crippen LogP contribution in [0.25, 0.3) is 0 Å². The number of hydrogen-bond donors (Lipinski definition) is 1. The van der Waals surface area contributed by atoms with Crippen LogP contribution in [-0.4, -0.2) is 22.1 Å². The van der Waals surface area contributed by atoms with Crippen molar-refractivity contribution in [1.29, 1.82) is 0 Å². The summed E-state index contributed by atoms with van der Waals surface area (Å²) < 4.78 is 38.5.